The highest BCUT2D eigenvalue weighted by Gasteiger charge is 2.63. The fraction of sp³-hybridized carbons (Fsp3) is 1.00. The predicted molar refractivity (Wildman–Crippen MR) is 399 cm³/mol. The van der Waals surface area contributed by atoms with Gasteiger partial charge in [0.05, 0.1) is 85.4 Å². The van der Waals surface area contributed by atoms with Crippen LogP contribution in [-0.2, 0) is 104 Å². The molecule has 0 aromatic heterocycles. The molecule has 132 heavy (non-hydrogen) atoms. The van der Waals surface area contributed by atoms with Gasteiger partial charge in [0, 0.05) is 13.5 Å². The van der Waals surface area contributed by atoms with Crippen molar-refractivity contribution in [3.8, 4) is 0 Å². The maximum atomic E-state index is 12.6. The molecule has 0 aromatic rings. The third-order valence-corrected chi connectivity index (χ3v) is 25.0. The summed E-state index contributed by atoms with van der Waals surface area (Å²) in [5, 5.41) is 411. The molecule has 11 fully saturated rings. The predicted octanol–water partition coefficient (Wildman–Crippen LogP) is -25.4. The van der Waals surface area contributed by atoms with Gasteiger partial charge >= 0.3 is 0 Å². The van der Waals surface area contributed by atoms with Crippen molar-refractivity contribution < 1.29 is 293 Å². The van der Waals surface area contributed by atoms with Gasteiger partial charge in [-0.2, -0.15) is 0 Å². The van der Waals surface area contributed by atoms with E-state index in [2.05, 4.69) is 0 Å². The standard InChI is InChI=1S/C73H126O59/c1-73(111-2)3-16(82)56(57(132-73)20(86)7-77)125-69-51(110)60(49(108)54(121-69)19(85)6-76)128-70-62(42(101)39(98)52(122-70)17(83)4-74)130-72-63(43(102)40(99)55(124-72)21(87)12-114-65-48(107)44(103)58(25(11-81)119-65)126-68-50(109)59(34(93)24(10-80)118-68)127-66-46(105)36(95)30(89)23(9-79)117-66)131-71-61(41(100)38(97)53(123-71)18(84)5-75)129-67-47(106)37(96)33(92)28(120-67)15-113-26-13-112-27(32(91)31(26)90)14-115-64-45(104)35(94)29(88)22(8-78)116-64/h16-72,74-110H,3-15H2,1-2H3/t16-,17+,18-,19+,20-,21-,22?,23?,24?,25?,26?,27?,28?,29-,30-,31-,32-,33-,34-,35+,36+,37+,38+,39+,40+,41+,42+,43+,44-,45?,46?,47?,48?,49-,50?,51?,52?,53?,54?,55?,56-,57?,58+,59+,60+,61?,62?,63?,64+,65-,66-,67-,68-,69-,70-,71-,72-,73+/m1/s1. The Morgan fingerprint density at radius 1 is 0.265 bits per heavy atom. The Morgan fingerprint density at radius 2 is 0.583 bits per heavy atom. The molecule has 37 N–H and O–H groups in total. The summed E-state index contributed by atoms with van der Waals surface area (Å²) >= 11 is 0. The van der Waals surface area contributed by atoms with Crippen LogP contribution in [0.2, 0.25) is 0 Å². The summed E-state index contributed by atoms with van der Waals surface area (Å²) < 4.78 is 127. The van der Waals surface area contributed by atoms with E-state index in [9.17, 15) is 189 Å². The summed E-state index contributed by atoms with van der Waals surface area (Å²) in [6.45, 7) is -11.4. The van der Waals surface area contributed by atoms with Gasteiger partial charge in [0.15, 0.2) is 62.4 Å². The molecule has 11 rings (SSSR count). The molecule has 0 radical (unpaired) electrons. The van der Waals surface area contributed by atoms with Crippen LogP contribution in [0.15, 0.2) is 0 Å². The molecule has 59 heteroatoms. The lowest BCUT2D eigenvalue weighted by molar-refractivity contribution is -0.419. The summed E-state index contributed by atoms with van der Waals surface area (Å²) in [5.74, 6) is -1.71. The monoisotopic (exact) mass is 1950 g/mol. The summed E-state index contributed by atoms with van der Waals surface area (Å²) in [6, 6.07) is 0. The number of aliphatic hydroxyl groups is 37. The maximum Gasteiger partial charge on any atom is 0.187 e. The molecule has 0 aromatic carbocycles. The van der Waals surface area contributed by atoms with E-state index in [-0.39, 0.29) is 0 Å². The number of rotatable bonds is 37. The zero-order chi connectivity index (χ0) is 97.2. The van der Waals surface area contributed by atoms with E-state index >= 15 is 0 Å². The Bertz CT molecular complexity index is 3400. The third kappa shape index (κ3) is 23.6. The van der Waals surface area contributed by atoms with Gasteiger partial charge in [0.2, 0.25) is 0 Å². The first-order chi connectivity index (χ1) is 62.4. The Balaban J connectivity index is 0.881. The second-order valence-corrected chi connectivity index (χ2v) is 34.0. The Hall–Kier alpha value is -2.36. The van der Waals surface area contributed by atoms with Crippen LogP contribution < -0.4 is 0 Å². The number of aliphatic hydroxyl groups excluding tert-OH is 37. The van der Waals surface area contributed by atoms with Gasteiger partial charge in [-0.05, 0) is 6.92 Å². The Labute approximate surface area is 746 Å². The normalized spacial score (nSPS) is 51.3. The van der Waals surface area contributed by atoms with Crippen molar-refractivity contribution in [2.75, 3.05) is 86.4 Å². The van der Waals surface area contributed by atoms with Crippen molar-refractivity contribution >= 4 is 0 Å². The Morgan fingerprint density at radius 3 is 1.05 bits per heavy atom. The largest absolute Gasteiger partial charge is 0.394 e. The number of hydrogen-bond donors (Lipinski definition) is 37. The molecule has 59 nitrogen and oxygen atoms in total. The number of ether oxygens (including phenoxy) is 22. The van der Waals surface area contributed by atoms with Crippen molar-refractivity contribution in [1.82, 2.24) is 0 Å². The molecule has 58 atom stereocenters. The molecule has 21 unspecified atom stereocenters. The zero-order valence-electron chi connectivity index (χ0n) is 70.1. The van der Waals surface area contributed by atoms with Gasteiger partial charge in [-0.3, -0.25) is 0 Å². The SMILES string of the molecule is CO[C@]1(C)C[C@@H](O)[C@@H](O[C@H]2OC([C@@H](O)CO)[C@@H](O)[C@H](O[C@H]3OC([C@@H](O)CO)[C@@H](O)[C@H](O)C3O[C@H]3OC([C@H](O)CO[C@@H]4OC(CO)[C@H](O[C@H]5OC(CO)[C@@H](O)[C@H](O[C@H]6OC(CO)[C@@H](O)[C@H](O)C6O)C5O)[C@H](O)C4O)[C@@H](O)[C@H](O)C3O[C@H]3OC([C@H](O)CO)[C@@H](O)[C@H](O)C3O[C@H]3OC(COC4COC(CO[C@H]5OC(CO)[C@@H](O)[C@H](O)C5O)[C@@H](O)[C@@H]4O)[C@@H](O)[C@H](O)C3O)C2O)C([C@H](O)CO)O1. The van der Waals surface area contributed by atoms with E-state index in [0.717, 1.165) is 7.11 Å². The van der Waals surface area contributed by atoms with Gasteiger partial charge in [-0.15, -0.1) is 0 Å². The van der Waals surface area contributed by atoms with Crippen LogP contribution in [0.4, 0.5) is 0 Å². The summed E-state index contributed by atoms with van der Waals surface area (Å²) in [4.78, 5) is 0. The molecule has 0 saturated carbocycles. The first-order valence-corrected chi connectivity index (χ1v) is 42.2. The van der Waals surface area contributed by atoms with E-state index in [1.165, 1.54) is 6.92 Å². The minimum Gasteiger partial charge on any atom is -0.394 e. The van der Waals surface area contributed by atoms with Crippen LogP contribution >= 0.6 is 0 Å². The lowest BCUT2D eigenvalue weighted by atomic mass is 9.91. The van der Waals surface area contributed by atoms with E-state index in [1.54, 1.807) is 0 Å². The van der Waals surface area contributed by atoms with Crippen LogP contribution in [-0.4, -0.2) is 631 Å². The second-order valence-electron chi connectivity index (χ2n) is 34.0. The van der Waals surface area contributed by atoms with Crippen molar-refractivity contribution in [2.24, 2.45) is 0 Å². The third-order valence-electron chi connectivity index (χ3n) is 25.0. The quantitative estimate of drug-likeness (QED) is 0.0275. The van der Waals surface area contributed by atoms with E-state index < -0.39 is 441 Å². The minimum atomic E-state index is -2.84. The van der Waals surface area contributed by atoms with Crippen molar-refractivity contribution in [2.45, 2.75) is 369 Å². The van der Waals surface area contributed by atoms with Crippen LogP contribution in [0.3, 0.4) is 0 Å². The smallest absolute Gasteiger partial charge is 0.187 e. The highest BCUT2D eigenvalue weighted by Crippen LogP contribution is 2.43. The topological polar surface area (TPSA) is 952 Å². The molecule has 11 heterocycles. The fourth-order valence-corrected chi connectivity index (χ4v) is 17.1. The van der Waals surface area contributed by atoms with Crippen molar-refractivity contribution in [1.29, 1.82) is 0 Å². The minimum absolute atomic E-state index is 0.479. The number of hydrogen-bond acceptors (Lipinski definition) is 59. The van der Waals surface area contributed by atoms with Gasteiger partial charge in [-0.25, -0.2) is 0 Å². The summed E-state index contributed by atoms with van der Waals surface area (Å²) in [5.41, 5.74) is 0. The lowest BCUT2D eigenvalue weighted by Gasteiger charge is -2.52. The van der Waals surface area contributed by atoms with E-state index in [0.29, 0.717) is 0 Å². The molecule has 0 bridgehead atoms. The lowest BCUT2D eigenvalue weighted by Crippen LogP contribution is -2.70. The molecular weight excluding hydrogens is 1820 g/mol. The van der Waals surface area contributed by atoms with Crippen molar-refractivity contribution in [3.63, 3.8) is 0 Å². The van der Waals surface area contributed by atoms with Crippen LogP contribution in [0.5, 0.6) is 0 Å². The highest BCUT2D eigenvalue weighted by atomic mass is 16.8. The fourth-order valence-electron chi connectivity index (χ4n) is 17.1. The zero-order valence-corrected chi connectivity index (χ0v) is 70.1. The first-order valence-electron chi connectivity index (χ1n) is 42.2. The number of methoxy groups -OCH3 is 1. The van der Waals surface area contributed by atoms with Crippen LogP contribution in [0.1, 0.15) is 13.3 Å². The summed E-state index contributed by atoms with van der Waals surface area (Å²) in [6.07, 6.45) is -127. The molecule has 772 valence electrons. The second kappa shape index (κ2) is 47.7. The van der Waals surface area contributed by atoms with E-state index in [4.69, 9.17) is 104 Å². The van der Waals surface area contributed by atoms with Gasteiger partial charge in [0.1, 0.15) is 287 Å². The molecule has 11 saturated heterocycles. The molecule has 0 amide bonds. The molecule has 0 aliphatic carbocycles. The van der Waals surface area contributed by atoms with Gasteiger partial charge < -0.3 is 293 Å². The van der Waals surface area contributed by atoms with E-state index in [1.807, 2.05) is 0 Å². The first kappa shape index (κ1) is 110. The molecular formula is C73H126O59. The molecule has 11 aliphatic rings. The highest BCUT2D eigenvalue weighted by molar-refractivity contribution is 5.05. The molecule has 0 spiro atoms. The van der Waals surface area contributed by atoms with Gasteiger partial charge in [0.25, 0.3) is 0 Å². The van der Waals surface area contributed by atoms with Crippen molar-refractivity contribution in [3.05, 3.63) is 0 Å². The van der Waals surface area contributed by atoms with Crippen LogP contribution in [0, 0.1) is 0 Å². The average molecular weight is 1950 g/mol. The maximum absolute atomic E-state index is 12.6. The average Bonchev–Trinajstić information content (AvgIpc) is 0.744. The van der Waals surface area contributed by atoms with Crippen LogP contribution in [0.25, 0.3) is 0 Å². The Kier molecular flexibility index (Phi) is 39.7. The molecule has 11 aliphatic heterocycles. The van der Waals surface area contributed by atoms with Gasteiger partial charge in [-0.1, -0.05) is 0 Å². The summed E-state index contributed by atoms with van der Waals surface area (Å²) in [7, 11) is 1.15.